The molecule has 0 radical (unpaired) electrons. The Morgan fingerprint density at radius 3 is 2.31 bits per heavy atom. The minimum Gasteiger partial charge on any atom is -0.376 e. The van der Waals surface area contributed by atoms with E-state index in [1.54, 1.807) is 18.9 Å². The number of carbonyl (C=O) groups is 7. The Balaban J connectivity index is 1.58. The van der Waals surface area contributed by atoms with Gasteiger partial charge in [-0.25, -0.2) is 4.79 Å². The average Bonchev–Trinajstić information content (AvgIpc) is 3.36. The smallest absolute Gasteiger partial charge is 0.315 e. The number of imide groups is 1. The number of hydrogen-bond donors (Lipinski definition) is 4. The Morgan fingerprint density at radius 2 is 1.67 bits per heavy atom. The highest BCUT2D eigenvalue weighted by atomic mass is 16.5. The number of nitrogens with one attached hydrogen (secondary N) is 4. The number of carbonyl (C=O) groups excluding carboxylic acids is 7. The zero-order valence-corrected chi connectivity index (χ0v) is 31.9. The Hall–Kier alpha value is -3.85. The number of urea groups is 1. The summed E-state index contributed by atoms with van der Waals surface area (Å²) in [6.45, 7) is 15.9. The largest absolute Gasteiger partial charge is 0.376 e. The van der Waals surface area contributed by atoms with Crippen LogP contribution in [-0.4, -0.2) is 133 Å². The topological polar surface area (TPSA) is 187 Å². The number of fused-ring (bicyclic) bond motifs is 3. The van der Waals surface area contributed by atoms with E-state index in [1.165, 1.54) is 15.9 Å². The van der Waals surface area contributed by atoms with E-state index in [2.05, 4.69) is 27.8 Å². The molecule has 0 aromatic carbocycles. The van der Waals surface area contributed by atoms with Crippen LogP contribution in [0.5, 0.6) is 0 Å². The van der Waals surface area contributed by atoms with Crippen molar-refractivity contribution in [2.24, 2.45) is 22.7 Å². The van der Waals surface area contributed by atoms with Gasteiger partial charge in [-0.15, -0.1) is 6.58 Å². The Bertz CT molecular complexity index is 1390. The van der Waals surface area contributed by atoms with Crippen molar-refractivity contribution >= 4 is 41.4 Å². The zero-order valence-electron chi connectivity index (χ0n) is 31.9. The van der Waals surface area contributed by atoms with Crippen LogP contribution in [-0.2, 0) is 33.5 Å². The second-order valence-electron chi connectivity index (χ2n) is 16.5. The van der Waals surface area contributed by atoms with Crippen LogP contribution in [0.15, 0.2) is 12.7 Å². The summed E-state index contributed by atoms with van der Waals surface area (Å²) < 4.78 is 6.13. The highest BCUT2D eigenvalue weighted by Gasteiger charge is 2.69. The minimum absolute atomic E-state index is 0.0222. The molecule has 7 amide bonds. The van der Waals surface area contributed by atoms with Gasteiger partial charge in [0.05, 0.1) is 31.3 Å². The summed E-state index contributed by atoms with van der Waals surface area (Å²) in [6, 6.07) is -4.50. The second-order valence-corrected chi connectivity index (χ2v) is 16.5. The standard InChI is InChI=1S/C37H59N7O8/c1-9-16-38-33(49)31(47)24-15-13-11-10-12-14-17-52-22(2)29(34(50)44-18-23-28(37(23,6)7)30(44)32(48)39-24)41-35(51)40-25(36(3,4)5)19-43-26(45)20-42(8)21-27(43)46/h9,22-25,28-30H,1,10-21H2,2-8H3,(H,38,49)(H,39,48)(H2,40,41,51)/t22-,23-,24+,25+,28-,29-,30-/m0/s1. The lowest BCUT2D eigenvalue weighted by Crippen LogP contribution is -2.63. The van der Waals surface area contributed by atoms with Crippen LogP contribution in [0.1, 0.15) is 80.1 Å². The van der Waals surface area contributed by atoms with E-state index in [0.29, 0.717) is 19.4 Å². The fourth-order valence-corrected chi connectivity index (χ4v) is 7.75. The van der Waals surface area contributed by atoms with Crippen molar-refractivity contribution in [2.45, 2.75) is 110 Å². The van der Waals surface area contributed by atoms with Crippen molar-refractivity contribution < 1.29 is 38.3 Å². The van der Waals surface area contributed by atoms with Crippen molar-refractivity contribution in [3.05, 3.63) is 12.7 Å². The van der Waals surface area contributed by atoms with Gasteiger partial charge >= 0.3 is 6.03 Å². The molecular weight excluding hydrogens is 670 g/mol. The van der Waals surface area contributed by atoms with Gasteiger partial charge in [0, 0.05) is 26.2 Å². The number of Topliss-reactive ketones (excluding diaryl/α,β-unsaturated/α-hetero) is 1. The first-order chi connectivity index (χ1) is 24.4. The molecule has 0 unspecified atom stereocenters. The molecule has 7 atom stereocenters. The van der Waals surface area contributed by atoms with Crippen LogP contribution in [0.25, 0.3) is 0 Å². The average molecular weight is 730 g/mol. The Labute approximate surface area is 307 Å². The van der Waals surface area contributed by atoms with Gasteiger partial charge < -0.3 is 30.9 Å². The number of amides is 7. The van der Waals surface area contributed by atoms with Crippen LogP contribution in [0.4, 0.5) is 4.79 Å². The van der Waals surface area contributed by atoms with Crippen LogP contribution < -0.4 is 21.3 Å². The molecule has 0 aromatic heterocycles. The van der Waals surface area contributed by atoms with Gasteiger partial charge in [-0.05, 0) is 49.5 Å². The first kappa shape index (κ1) is 40.9. The van der Waals surface area contributed by atoms with Gasteiger partial charge in [0.1, 0.15) is 12.1 Å². The minimum atomic E-state index is -1.18. The van der Waals surface area contributed by atoms with Gasteiger partial charge in [-0.2, -0.15) is 0 Å². The van der Waals surface area contributed by atoms with Crippen molar-refractivity contribution in [1.29, 1.82) is 0 Å². The summed E-state index contributed by atoms with van der Waals surface area (Å²) in [6.07, 6.45) is 4.78. The third-order valence-electron chi connectivity index (χ3n) is 11.2. The molecule has 4 rings (SSSR count). The van der Waals surface area contributed by atoms with E-state index < -0.39 is 65.2 Å². The molecule has 0 spiro atoms. The van der Waals surface area contributed by atoms with E-state index in [4.69, 9.17) is 4.74 Å². The molecule has 52 heavy (non-hydrogen) atoms. The molecule has 4 fully saturated rings. The first-order valence-electron chi connectivity index (χ1n) is 18.6. The maximum atomic E-state index is 14.5. The SMILES string of the molecule is C=CCNC(=O)C(=O)[C@H]1CCCCCCCO[C@@H](C)[C@H](NC(=O)N[C@H](CN2C(=O)CN(C)CC2=O)C(C)(C)C)C(=O)N2C[C@H]3[C@@H]([C@H]2C(=O)N1)C3(C)C. The van der Waals surface area contributed by atoms with Gasteiger partial charge in [-0.3, -0.25) is 38.6 Å². The molecule has 15 heteroatoms. The quantitative estimate of drug-likeness (QED) is 0.161. The van der Waals surface area contributed by atoms with Gasteiger partial charge in [0.2, 0.25) is 29.4 Å². The number of nitrogens with zero attached hydrogens (tertiary/aromatic N) is 3. The van der Waals surface area contributed by atoms with E-state index in [-0.39, 0.29) is 68.2 Å². The van der Waals surface area contributed by atoms with E-state index in [9.17, 15) is 33.6 Å². The number of ketones is 1. The van der Waals surface area contributed by atoms with Crippen molar-refractivity contribution in [3.8, 4) is 0 Å². The molecular formula is C37H59N7O8. The molecule has 4 aliphatic rings. The van der Waals surface area contributed by atoms with Crippen molar-refractivity contribution in [1.82, 2.24) is 36.0 Å². The zero-order chi connectivity index (χ0) is 38.5. The normalized spacial score (nSPS) is 29.7. The molecule has 4 N–H and O–H groups in total. The predicted octanol–water partition coefficient (Wildman–Crippen LogP) is 0.968. The predicted molar refractivity (Wildman–Crippen MR) is 192 cm³/mol. The molecule has 0 bridgehead atoms. The third-order valence-corrected chi connectivity index (χ3v) is 11.2. The van der Waals surface area contributed by atoms with E-state index in [0.717, 1.165) is 19.3 Å². The number of piperazine rings is 1. The van der Waals surface area contributed by atoms with Crippen molar-refractivity contribution in [3.63, 3.8) is 0 Å². The summed E-state index contributed by atoms with van der Waals surface area (Å²) in [5.41, 5.74) is -0.809. The summed E-state index contributed by atoms with van der Waals surface area (Å²) in [5.74, 6) is -3.44. The fourth-order valence-electron chi connectivity index (χ4n) is 7.75. The van der Waals surface area contributed by atoms with Gasteiger partial charge in [0.15, 0.2) is 0 Å². The molecule has 1 saturated carbocycles. The highest BCUT2D eigenvalue weighted by molar-refractivity contribution is 6.38. The molecule has 3 saturated heterocycles. The summed E-state index contributed by atoms with van der Waals surface area (Å²) >= 11 is 0. The lowest BCUT2D eigenvalue weighted by atomic mass is 9.86. The van der Waals surface area contributed by atoms with E-state index >= 15 is 0 Å². The number of ether oxygens (including phenoxy) is 1. The fraction of sp³-hybridized carbons (Fsp3) is 0.757. The van der Waals surface area contributed by atoms with Crippen molar-refractivity contribution in [2.75, 3.05) is 46.4 Å². The maximum Gasteiger partial charge on any atom is 0.315 e. The Kier molecular flexibility index (Phi) is 13.3. The monoisotopic (exact) mass is 729 g/mol. The van der Waals surface area contributed by atoms with Gasteiger partial charge in [0.25, 0.3) is 5.91 Å². The molecule has 290 valence electrons. The van der Waals surface area contributed by atoms with Crippen LogP contribution in [0.2, 0.25) is 0 Å². The number of likely N-dealkylation sites (N-methyl/N-ethyl adjacent to an activating group) is 1. The molecule has 3 aliphatic heterocycles. The van der Waals surface area contributed by atoms with Crippen LogP contribution in [0, 0.1) is 22.7 Å². The second kappa shape index (κ2) is 16.9. The number of rotatable bonds is 8. The molecule has 15 nitrogen and oxygen atoms in total. The molecule has 1 aliphatic carbocycles. The third kappa shape index (κ3) is 9.57. The highest BCUT2D eigenvalue weighted by Crippen LogP contribution is 2.65. The van der Waals surface area contributed by atoms with Crippen LogP contribution in [0.3, 0.4) is 0 Å². The summed E-state index contributed by atoms with van der Waals surface area (Å²) in [5, 5.41) is 11.1. The maximum absolute atomic E-state index is 14.5. The lowest BCUT2D eigenvalue weighted by molar-refractivity contribution is -0.151. The number of piperidine rings is 1. The van der Waals surface area contributed by atoms with Gasteiger partial charge in [-0.1, -0.05) is 66.4 Å². The lowest BCUT2D eigenvalue weighted by Gasteiger charge is -2.38. The van der Waals surface area contributed by atoms with E-state index in [1.807, 2.05) is 34.6 Å². The summed E-state index contributed by atoms with van der Waals surface area (Å²) in [4.78, 5) is 98.2. The van der Waals surface area contributed by atoms with Crippen LogP contribution >= 0.6 is 0 Å². The Morgan fingerprint density at radius 1 is 1.04 bits per heavy atom. The molecule has 3 heterocycles. The molecule has 0 aromatic rings. The summed E-state index contributed by atoms with van der Waals surface area (Å²) in [7, 11) is 1.69. The number of hydrogen-bond acceptors (Lipinski definition) is 9. The first-order valence-corrected chi connectivity index (χ1v) is 18.6.